The van der Waals surface area contributed by atoms with Gasteiger partial charge < -0.3 is 5.73 Å². The van der Waals surface area contributed by atoms with E-state index in [1.54, 1.807) is 0 Å². The van der Waals surface area contributed by atoms with Crippen LogP contribution in [0.2, 0.25) is 0 Å². The highest BCUT2D eigenvalue weighted by molar-refractivity contribution is 7.91. The Bertz CT molecular complexity index is 751. The third-order valence-electron chi connectivity index (χ3n) is 4.34. The lowest BCUT2D eigenvalue weighted by Crippen LogP contribution is -2.33. The minimum Gasteiger partial charge on any atom is -0.327 e. The van der Waals surface area contributed by atoms with E-state index in [1.807, 2.05) is 16.8 Å². The minimum atomic E-state index is -2.88. The summed E-state index contributed by atoms with van der Waals surface area (Å²) < 4.78 is 25.1. The average molecular weight is 307 g/mol. The van der Waals surface area contributed by atoms with Gasteiger partial charge in [-0.3, -0.25) is 4.68 Å². The summed E-state index contributed by atoms with van der Waals surface area (Å²) in [6, 6.07) is 7.97. The molecule has 1 aliphatic heterocycles. The molecule has 0 radical (unpaired) electrons. The molecule has 2 unspecified atom stereocenters. The van der Waals surface area contributed by atoms with Crippen molar-refractivity contribution < 1.29 is 8.42 Å². The number of para-hydroxylation sites is 1. The molecule has 0 spiro atoms. The summed E-state index contributed by atoms with van der Waals surface area (Å²) in [5, 5.41) is 5.76. The van der Waals surface area contributed by atoms with Crippen LogP contribution >= 0.6 is 0 Å². The Morgan fingerprint density at radius 3 is 2.86 bits per heavy atom. The van der Waals surface area contributed by atoms with Crippen molar-refractivity contribution >= 4 is 20.7 Å². The molecule has 0 amide bonds. The van der Waals surface area contributed by atoms with Gasteiger partial charge in [-0.25, -0.2) is 8.42 Å². The third-order valence-corrected chi connectivity index (χ3v) is 6.13. The van der Waals surface area contributed by atoms with Gasteiger partial charge in [-0.05, 0) is 25.3 Å². The van der Waals surface area contributed by atoms with E-state index in [4.69, 9.17) is 5.73 Å². The standard InChI is InChI=1S/C15H21N3O2S/c1-2-18-15-6-4-3-5-12(15)14(17-18)9-13(16)11-7-8-21(19,20)10-11/h3-6,11,13H,2,7-10,16H2,1H3. The fraction of sp³-hybridized carbons (Fsp3) is 0.533. The summed E-state index contributed by atoms with van der Waals surface area (Å²) in [6.07, 6.45) is 1.31. The van der Waals surface area contributed by atoms with Gasteiger partial charge in [0, 0.05) is 24.4 Å². The minimum absolute atomic E-state index is 0.0561. The van der Waals surface area contributed by atoms with E-state index in [2.05, 4.69) is 24.2 Å². The molecule has 0 bridgehead atoms. The SMILES string of the molecule is CCn1nc(CC(N)C2CCS(=O)(=O)C2)c2ccccc21. The Labute approximate surface area is 125 Å². The zero-order valence-corrected chi connectivity index (χ0v) is 13.0. The van der Waals surface area contributed by atoms with Crippen molar-refractivity contribution in [3.63, 3.8) is 0 Å². The van der Waals surface area contributed by atoms with E-state index >= 15 is 0 Å². The number of benzene rings is 1. The molecule has 6 heteroatoms. The lowest BCUT2D eigenvalue weighted by molar-refractivity contribution is 0.456. The van der Waals surface area contributed by atoms with Crippen LogP contribution in [0, 0.1) is 5.92 Å². The van der Waals surface area contributed by atoms with Crippen LogP contribution in [0.1, 0.15) is 19.0 Å². The van der Waals surface area contributed by atoms with Gasteiger partial charge in [0.15, 0.2) is 9.84 Å². The van der Waals surface area contributed by atoms with E-state index in [-0.39, 0.29) is 23.5 Å². The fourth-order valence-electron chi connectivity index (χ4n) is 3.14. The fourth-order valence-corrected chi connectivity index (χ4v) is 5.03. The molecule has 1 fully saturated rings. The van der Waals surface area contributed by atoms with Crippen LogP contribution in [0.15, 0.2) is 24.3 Å². The number of aromatic nitrogens is 2. The van der Waals surface area contributed by atoms with Crippen LogP contribution in [-0.4, -0.2) is 35.7 Å². The quantitative estimate of drug-likeness (QED) is 0.925. The van der Waals surface area contributed by atoms with Crippen LogP contribution in [0.3, 0.4) is 0 Å². The highest BCUT2D eigenvalue weighted by Gasteiger charge is 2.32. The zero-order chi connectivity index (χ0) is 15.0. The maximum absolute atomic E-state index is 11.6. The predicted octanol–water partition coefficient (Wildman–Crippen LogP) is 1.36. The van der Waals surface area contributed by atoms with Gasteiger partial charge in [-0.2, -0.15) is 5.10 Å². The van der Waals surface area contributed by atoms with Crippen LogP contribution in [0.4, 0.5) is 0 Å². The molecule has 2 N–H and O–H groups in total. The van der Waals surface area contributed by atoms with Gasteiger partial charge in [0.1, 0.15) is 0 Å². The summed E-state index contributed by atoms with van der Waals surface area (Å²) in [4.78, 5) is 0. The van der Waals surface area contributed by atoms with Crippen molar-refractivity contribution in [1.82, 2.24) is 9.78 Å². The van der Waals surface area contributed by atoms with Crippen LogP contribution < -0.4 is 5.73 Å². The normalized spacial score (nSPS) is 22.7. The molecule has 114 valence electrons. The Hall–Kier alpha value is -1.40. The van der Waals surface area contributed by atoms with Crippen molar-refractivity contribution in [1.29, 1.82) is 0 Å². The Kier molecular flexibility index (Phi) is 3.75. The molecule has 2 atom stereocenters. The molecule has 1 aliphatic rings. The molecule has 2 aromatic rings. The summed E-state index contributed by atoms with van der Waals surface area (Å²) in [7, 11) is -2.88. The van der Waals surface area contributed by atoms with E-state index in [0.717, 1.165) is 23.1 Å². The van der Waals surface area contributed by atoms with Crippen molar-refractivity contribution in [2.75, 3.05) is 11.5 Å². The highest BCUT2D eigenvalue weighted by atomic mass is 32.2. The smallest absolute Gasteiger partial charge is 0.150 e. The van der Waals surface area contributed by atoms with Crippen molar-refractivity contribution in [2.45, 2.75) is 32.4 Å². The largest absolute Gasteiger partial charge is 0.327 e. The molecule has 1 saturated heterocycles. The van der Waals surface area contributed by atoms with Gasteiger partial charge in [-0.15, -0.1) is 0 Å². The Balaban J connectivity index is 1.85. The van der Waals surface area contributed by atoms with Crippen molar-refractivity contribution in [3.05, 3.63) is 30.0 Å². The number of aryl methyl sites for hydroxylation is 1. The molecule has 2 heterocycles. The Morgan fingerprint density at radius 1 is 1.43 bits per heavy atom. The first kappa shape index (κ1) is 14.5. The van der Waals surface area contributed by atoms with Gasteiger partial charge in [0.05, 0.1) is 22.7 Å². The topological polar surface area (TPSA) is 78.0 Å². The predicted molar refractivity (Wildman–Crippen MR) is 83.8 cm³/mol. The van der Waals surface area contributed by atoms with Gasteiger partial charge in [0.2, 0.25) is 0 Å². The molecule has 1 aromatic heterocycles. The second-order valence-electron chi connectivity index (χ2n) is 5.81. The summed E-state index contributed by atoms with van der Waals surface area (Å²) >= 11 is 0. The second-order valence-corrected chi connectivity index (χ2v) is 8.04. The van der Waals surface area contributed by atoms with Crippen molar-refractivity contribution in [2.24, 2.45) is 11.7 Å². The van der Waals surface area contributed by atoms with Gasteiger partial charge >= 0.3 is 0 Å². The molecule has 0 saturated carbocycles. The number of nitrogens with zero attached hydrogens (tertiary/aromatic N) is 2. The maximum Gasteiger partial charge on any atom is 0.150 e. The third kappa shape index (κ3) is 2.82. The number of hydrogen-bond donors (Lipinski definition) is 1. The Morgan fingerprint density at radius 2 is 2.19 bits per heavy atom. The number of rotatable bonds is 4. The summed E-state index contributed by atoms with van der Waals surface area (Å²) in [6.45, 7) is 2.88. The monoisotopic (exact) mass is 307 g/mol. The van der Waals surface area contributed by atoms with Crippen molar-refractivity contribution in [3.8, 4) is 0 Å². The first-order chi connectivity index (χ1) is 10.00. The number of sulfone groups is 1. The highest BCUT2D eigenvalue weighted by Crippen LogP contribution is 2.25. The number of nitrogens with two attached hydrogens (primary N) is 1. The molecule has 21 heavy (non-hydrogen) atoms. The average Bonchev–Trinajstić information content (AvgIpc) is 3.00. The zero-order valence-electron chi connectivity index (χ0n) is 12.2. The molecule has 1 aromatic carbocycles. The first-order valence-electron chi connectivity index (χ1n) is 7.40. The maximum atomic E-state index is 11.6. The van der Waals surface area contributed by atoms with Crippen LogP contribution in [0.5, 0.6) is 0 Å². The molecule has 3 rings (SSSR count). The van der Waals surface area contributed by atoms with Gasteiger partial charge in [0.25, 0.3) is 0 Å². The van der Waals surface area contributed by atoms with E-state index < -0.39 is 9.84 Å². The lowest BCUT2D eigenvalue weighted by Gasteiger charge is -2.16. The summed E-state index contributed by atoms with van der Waals surface area (Å²) in [5.74, 6) is 0.552. The van der Waals surface area contributed by atoms with E-state index in [0.29, 0.717) is 12.8 Å². The molecule has 5 nitrogen and oxygen atoms in total. The molecular weight excluding hydrogens is 286 g/mol. The molecule has 0 aliphatic carbocycles. The summed E-state index contributed by atoms with van der Waals surface area (Å²) in [5.41, 5.74) is 8.35. The van der Waals surface area contributed by atoms with E-state index in [9.17, 15) is 8.42 Å². The van der Waals surface area contributed by atoms with Crippen LogP contribution in [-0.2, 0) is 22.8 Å². The molecular formula is C15H21N3O2S. The lowest BCUT2D eigenvalue weighted by atomic mass is 9.95. The number of fused-ring (bicyclic) bond motifs is 1. The van der Waals surface area contributed by atoms with Gasteiger partial charge in [-0.1, -0.05) is 18.2 Å². The second kappa shape index (κ2) is 5.42. The van der Waals surface area contributed by atoms with E-state index in [1.165, 1.54) is 0 Å². The van der Waals surface area contributed by atoms with Crippen LogP contribution in [0.25, 0.3) is 10.9 Å². The first-order valence-corrected chi connectivity index (χ1v) is 9.22. The number of hydrogen-bond acceptors (Lipinski definition) is 4.